The summed E-state index contributed by atoms with van der Waals surface area (Å²) in [6, 6.07) is 4.23. The first-order chi connectivity index (χ1) is 7.65. The zero-order valence-electron chi connectivity index (χ0n) is 9.26. The van der Waals surface area contributed by atoms with Crippen LogP contribution in [0.15, 0.2) is 29.2 Å². The average Bonchev–Trinajstić information content (AvgIpc) is 2.28. The Morgan fingerprint density at radius 1 is 1.56 bits per heavy atom. The molecule has 0 saturated heterocycles. The standard InChI is InChI=1S/C11H16N2O3/c1-2-16-11(15)9(12)6-8-13-7-4-3-5-10(13)14/h3-5,7,9H,2,6,8,12H2,1H3. The van der Waals surface area contributed by atoms with Crippen molar-refractivity contribution in [3.63, 3.8) is 0 Å². The lowest BCUT2D eigenvalue weighted by molar-refractivity contribution is -0.144. The van der Waals surface area contributed by atoms with Crippen LogP contribution < -0.4 is 11.3 Å². The Balaban J connectivity index is 2.49. The van der Waals surface area contributed by atoms with E-state index in [-0.39, 0.29) is 5.56 Å². The fourth-order valence-electron chi connectivity index (χ4n) is 1.29. The molecule has 1 unspecified atom stereocenters. The van der Waals surface area contributed by atoms with Gasteiger partial charge in [-0.3, -0.25) is 9.59 Å². The van der Waals surface area contributed by atoms with Crippen molar-refractivity contribution in [3.05, 3.63) is 34.7 Å². The van der Waals surface area contributed by atoms with Gasteiger partial charge in [-0.25, -0.2) is 0 Å². The minimum absolute atomic E-state index is 0.0986. The number of aromatic nitrogens is 1. The largest absolute Gasteiger partial charge is 0.465 e. The van der Waals surface area contributed by atoms with Gasteiger partial charge in [-0.15, -0.1) is 0 Å². The molecule has 0 saturated carbocycles. The molecular formula is C11H16N2O3. The second kappa shape index (κ2) is 6.07. The summed E-state index contributed by atoms with van der Waals surface area (Å²) in [5.41, 5.74) is 5.51. The molecule has 0 aliphatic rings. The van der Waals surface area contributed by atoms with E-state index in [1.165, 1.54) is 10.6 Å². The molecule has 0 aliphatic heterocycles. The first-order valence-corrected chi connectivity index (χ1v) is 5.23. The van der Waals surface area contributed by atoms with Gasteiger partial charge in [0.15, 0.2) is 0 Å². The molecule has 88 valence electrons. The number of rotatable bonds is 5. The van der Waals surface area contributed by atoms with Crippen molar-refractivity contribution in [1.29, 1.82) is 0 Å². The first-order valence-electron chi connectivity index (χ1n) is 5.23. The Bertz CT molecular complexity index is 400. The molecule has 0 amide bonds. The van der Waals surface area contributed by atoms with Crippen LogP contribution in [0.5, 0.6) is 0 Å². The molecule has 5 nitrogen and oxygen atoms in total. The third kappa shape index (κ3) is 3.51. The van der Waals surface area contributed by atoms with Crippen molar-refractivity contribution in [2.45, 2.75) is 25.9 Å². The van der Waals surface area contributed by atoms with Gasteiger partial charge in [-0.2, -0.15) is 0 Å². The summed E-state index contributed by atoms with van der Waals surface area (Å²) in [6.07, 6.45) is 2.06. The predicted octanol–water partition coefficient (Wildman–Crippen LogP) is 0.129. The molecule has 16 heavy (non-hydrogen) atoms. The lowest BCUT2D eigenvalue weighted by Crippen LogP contribution is -2.34. The third-order valence-corrected chi connectivity index (χ3v) is 2.17. The van der Waals surface area contributed by atoms with Gasteiger partial charge in [-0.1, -0.05) is 6.07 Å². The Hall–Kier alpha value is -1.62. The van der Waals surface area contributed by atoms with E-state index < -0.39 is 12.0 Å². The monoisotopic (exact) mass is 224 g/mol. The molecule has 2 N–H and O–H groups in total. The maximum atomic E-state index is 11.3. The fourth-order valence-corrected chi connectivity index (χ4v) is 1.29. The van der Waals surface area contributed by atoms with E-state index in [2.05, 4.69) is 0 Å². The summed E-state index contributed by atoms with van der Waals surface area (Å²) in [7, 11) is 0. The summed E-state index contributed by atoms with van der Waals surface area (Å²) in [4.78, 5) is 22.5. The van der Waals surface area contributed by atoms with E-state index in [9.17, 15) is 9.59 Å². The van der Waals surface area contributed by atoms with Crippen LogP contribution in [0.25, 0.3) is 0 Å². The average molecular weight is 224 g/mol. The Morgan fingerprint density at radius 2 is 2.31 bits per heavy atom. The Morgan fingerprint density at radius 3 is 2.94 bits per heavy atom. The molecule has 0 aliphatic carbocycles. The predicted molar refractivity (Wildman–Crippen MR) is 59.9 cm³/mol. The second-order valence-electron chi connectivity index (χ2n) is 3.38. The van der Waals surface area contributed by atoms with Crippen molar-refractivity contribution in [1.82, 2.24) is 4.57 Å². The molecule has 0 radical (unpaired) electrons. The highest BCUT2D eigenvalue weighted by atomic mass is 16.5. The number of carbonyl (C=O) groups excluding carboxylic acids is 1. The fraction of sp³-hybridized carbons (Fsp3) is 0.455. The Labute approximate surface area is 93.8 Å². The second-order valence-corrected chi connectivity index (χ2v) is 3.38. The molecule has 1 rings (SSSR count). The van der Waals surface area contributed by atoms with Crippen molar-refractivity contribution in [2.75, 3.05) is 6.61 Å². The van der Waals surface area contributed by atoms with Crippen LogP contribution >= 0.6 is 0 Å². The van der Waals surface area contributed by atoms with Crippen molar-refractivity contribution in [3.8, 4) is 0 Å². The van der Waals surface area contributed by atoms with Gasteiger partial charge in [0.2, 0.25) is 5.56 Å². The van der Waals surface area contributed by atoms with Gasteiger partial charge >= 0.3 is 5.97 Å². The molecule has 5 heteroatoms. The van der Waals surface area contributed by atoms with Gasteiger partial charge in [0.1, 0.15) is 6.04 Å². The third-order valence-electron chi connectivity index (χ3n) is 2.17. The van der Waals surface area contributed by atoms with Crippen LogP contribution in [0.1, 0.15) is 13.3 Å². The summed E-state index contributed by atoms with van der Waals surface area (Å²) < 4.78 is 6.28. The molecule has 0 fully saturated rings. The highest BCUT2D eigenvalue weighted by molar-refractivity contribution is 5.75. The SMILES string of the molecule is CCOC(=O)C(N)CCn1ccccc1=O. The van der Waals surface area contributed by atoms with Crippen LogP contribution in [0.4, 0.5) is 0 Å². The Kier molecular flexibility index (Phi) is 4.72. The van der Waals surface area contributed by atoms with Crippen molar-refractivity contribution < 1.29 is 9.53 Å². The minimum Gasteiger partial charge on any atom is -0.465 e. The number of hydrogen-bond acceptors (Lipinski definition) is 4. The summed E-state index contributed by atoms with van der Waals surface area (Å²) in [5, 5.41) is 0. The summed E-state index contributed by atoms with van der Waals surface area (Å²) in [5.74, 6) is -0.425. The number of nitrogens with two attached hydrogens (primary N) is 1. The molecular weight excluding hydrogens is 208 g/mol. The topological polar surface area (TPSA) is 74.3 Å². The molecule has 1 heterocycles. The zero-order chi connectivity index (χ0) is 12.0. The first kappa shape index (κ1) is 12.4. The number of carbonyl (C=O) groups is 1. The summed E-state index contributed by atoms with van der Waals surface area (Å²) >= 11 is 0. The number of ether oxygens (including phenoxy) is 1. The molecule has 0 aromatic carbocycles. The van der Waals surface area contributed by atoms with Crippen LogP contribution in [0.3, 0.4) is 0 Å². The maximum absolute atomic E-state index is 11.3. The van der Waals surface area contributed by atoms with Gasteiger partial charge < -0.3 is 15.0 Å². The zero-order valence-corrected chi connectivity index (χ0v) is 9.26. The quantitative estimate of drug-likeness (QED) is 0.721. The van der Waals surface area contributed by atoms with E-state index in [0.29, 0.717) is 19.6 Å². The molecule has 1 atom stereocenters. The van der Waals surface area contributed by atoms with Crippen molar-refractivity contribution in [2.24, 2.45) is 5.73 Å². The molecule has 1 aromatic rings. The van der Waals surface area contributed by atoms with Crippen LogP contribution in [-0.2, 0) is 16.1 Å². The lowest BCUT2D eigenvalue weighted by Gasteiger charge is -2.11. The number of nitrogens with zero attached hydrogens (tertiary/aromatic N) is 1. The number of aryl methyl sites for hydroxylation is 1. The molecule has 0 bridgehead atoms. The van der Waals surface area contributed by atoms with Crippen LogP contribution in [0, 0.1) is 0 Å². The molecule has 0 spiro atoms. The molecule has 1 aromatic heterocycles. The van der Waals surface area contributed by atoms with E-state index >= 15 is 0 Å². The van der Waals surface area contributed by atoms with Crippen molar-refractivity contribution >= 4 is 5.97 Å². The minimum atomic E-state index is -0.674. The van der Waals surface area contributed by atoms with Crippen LogP contribution in [-0.4, -0.2) is 23.2 Å². The van der Waals surface area contributed by atoms with Gasteiger partial charge in [0.05, 0.1) is 6.61 Å². The smallest absolute Gasteiger partial charge is 0.322 e. The van der Waals surface area contributed by atoms with E-state index in [1.807, 2.05) is 0 Å². The van der Waals surface area contributed by atoms with E-state index in [1.54, 1.807) is 25.3 Å². The van der Waals surface area contributed by atoms with Gasteiger partial charge in [-0.05, 0) is 19.4 Å². The number of esters is 1. The van der Waals surface area contributed by atoms with E-state index in [0.717, 1.165) is 0 Å². The number of pyridine rings is 1. The maximum Gasteiger partial charge on any atom is 0.322 e. The van der Waals surface area contributed by atoms with Crippen LogP contribution in [0.2, 0.25) is 0 Å². The van der Waals surface area contributed by atoms with Gasteiger partial charge in [0.25, 0.3) is 0 Å². The normalized spacial score (nSPS) is 12.1. The number of hydrogen-bond donors (Lipinski definition) is 1. The highest BCUT2D eigenvalue weighted by Crippen LogP contribution is 1.95. The van der Waals surface area contributed by atoms with E-state index in [4.69, 9.17) is 10.5 Å². The lowest BCUT2D eigenvalue weighted by atomic mass is 10.2. The highest BCUT2D eigenvalue weighted by Gasteiger charge is 2.14. The summed E-state index contributed by atoms with van der Waals surface area (Å²) in [6.45, 7) is 2.46. The van der Waals surface area contributed by atoms with Gasteiger partial charge in [0, 0.05) is 18.8 Å².